The van der Waals surface area contributed by atoms with Gasteiger partial charge in [0.25, 0.3) is 0 Å². The van der Waals surface area contributed by atoms with Crippen LogP contribution in [0.5, 0.6) is 0 Å². The Morgan fingerprint density at radius 1 is 1.42 bits per heavy atom. The molecule has 0 aliphatic heterocycles. The number of hydrogen-bond donors (Lipinski definition) is 1. The molecule has 0 aromatic carbocycles. The van der Waals surface area contributed by atoms with Crippen molar-refractivity contribution in [2.75, 3.05) is 0 Å². The molecule has 1 aliphatic carbocycles. The molecule has 1 N–H and O–H groups in total. The van der Waals surface area contributed by atoms with Crippen molar-refractivity contribution < 1.29 is 23.1 Å². The smallest absolute Gasteiger partial charge is 0.311 e. The SMILES string of the molecule is CCC(=C(C)C)S(=O)(=O)C1C(=O)CCC1(C)C(=O)O. The molecular formula is C13H20O5S. The van der Waals surface area contributed by atoms with Gasteiger partial charge in [0.05, 0.1) is 5.41 Å². The van der Waals surface area contributed by atoms with Crippen LogP contribution < -0.4 is 0 Å². The van der Waals surface area contributed by atoms with Gasteiger partial charge in [-0.15, -0.1) is 0 Å². The fourth-order valence-electron chi connectivity index (χ4n) is 2.72. The van der Waals surface area contributed by atoms with Crippen LogP contribution in [-0.2, 0) is 19.4 Å². The number of aliphatic carboxylic acids is 1. The molecule has 2 atom stereocenters. The van der Waals surface area contributed by atoms with Crippen LogP contribution in [-0.4, -0.2) is 30.5 Å². The van der Waals surface area contributed by atoms with E-state index in [2.05, 4.69) is 0 Å². The van der Waals surface area contributed by atoms with E-state index in [1.165, 1.54) is 6.92 Å². The van der Waals surface area contributed by atoms with Crippen molar-refractivity contribution in [2.24, 2.45) is 5.41 Å². The predicted molar refractivity (Wildman–Crippen MR) is 71.4 cm³/mol. The number of sulfone groups is 1. The van der Waals surface area contributed by atoms with Gasteiger partial charge < -0.3 is 5.11 Å². The molecule has 1 rings (SSSR count). The van der Waals surface area contributed by atoms with E-state index in [4.69, 9.17) is 0 Å². The molecule has 6 heteroatoms. The molecule has 1 saturated carbocycles. The summed E-state index contributed by atoms with van der Waals surface area (Å²) in [5.41, 5.74) is -0.916. The highest BCUT2D eigenvalue weighted by Crippen LogP contribution is 2.43. The summed E-state index contributed by atoms with van der Waals surface area (Å²) in [6, 6.07) is 0. The molecule has 19 heavy (non-hydrogen) atoms. The lowest BCUT2D eigenvalue weighted by Gasteiger charge is -2.26. The third kappa shape index (κ3) is 2.45. The Morgan fingerprint density at radius 2 is 1.95 bits per heavy atom. The van der Waals surface area contributed by atoms with Gasteiger partial charge in [-0.1, -0.05) is 12.5 Å². The maximum atomic E-state index is 12.6. The van der Waals surface area contributed by atoms with Crippen LogP contribution in [0.4, 0.5) is 0 Å². The topological polar surface area (TPSA) is 88.5 Å². The number of allylic oxidation sites excluding steroid dienone is 2. The van der Waals surface area contributed by atoms with Crippen LogP contribution in [0.3, 0.4) is 0 Å². The fourth-order valence-corrected chi connectivity index (χ4v) is 5.34. The van der Waals surface area contributed by atoms with Crippen molar-refractivity contribution in [2.45, 2.75) is 52.2 Å². The molecule has 2 unspecified atom stereocenters. The number of carbonyl (C=O) groups excluding carboxylic acids is 1. The summed E-state index contributed by atoms with van der Waals surface area (Å²) in [7, 11) is -3.90. The Hall–Kier alpha value is -1.17. The number of Topliss-reactive ketones (excluding diaryl/α,β-unsaturated/α-hetero) is 1. The lowest BCUT2D eigenvalue weighted by Crippen LogP contribution is -2.44. The maximum Gasteiger partial charge on any atom is 0.311 e. The number of ketones is 1. The van der Waals surface area contributed by atoms with Gasteiger partial charge >= 0.3 is 5.97 Å². The summed E-state index contributed by atoms with van der Waals surface area (Å²) in [6.45, 7) is 6.36. The highest BCUT2D eigenvalue weighted by Gasteiger charge is 2.57. The third-order valence-corrected chi connectivity index (χ3v) is 6.57. The average Bonchev–Trinajstić information content (AvgIpc) is 2.56. The Balaban J connectivity index is 3.46. The van der Waals surface area contributed by atoms with Crippen LogP contribution in [0.15, 0.2) is 10.5 Å². The fraction of sp³-hybridized carbons (Fsp3) is 0.692. The van der Waals surface area contributed by atoms with Crippen LogP contribution in [0, 0.1) is 5.41 Å². The van der Waals surface area contributed by atoms with E-state index >= 15 is 0 Å². The summed E-state index contributed by atoms with van der Waals surface area (Å²) in [5.74, 6) is -1.71. The van der Waals surface area contributed by atoms with Crippen LogP contribution >= 0.6 is 0 Å². The molecule has 5 nitrogen and oxygen atoms in total. The van der Waals surface area contributed by atoms with Crippen LogP contribution in [0.25, 0.3) is 0 Å². The van der Waals surface area contributed by atoms with E-state index in [1.807, 2.05) is 0 Å². The van der Waals surface area contributed by atoms with Crippen molar-refractivity contribution in [1.82, 2.24) is 0 Å². The van der Waals surface area contributed by atoms with Crippen LogP contribution in [0.1, 0.15) is 47.0 Å². The molecule has 0 aromatic rings. The van der Waals surface area contributed by atoms with E-state index in [0.29, 0.717) is 5.57 Å². The first kappa shape index (κ1) is 15.9. The highest BCUT2D eigenvalue weighted by molar-refractivity contribution is 7.96. The second-order valence-electron chi connectivity index (χ2n) is 5.39. The largest absolute Gasteiger partial charge is 0.481 e. The predicted octanol–water partition coefficient (Wildman–Crippen LogP) is 1.93. The second kappa shape index (κ2) is 5.07. The molecule has 0 saturated heterocycles. The Morgan fingerprint density at radius 3 is 2.32 bits per heavy atom. The van der Waals surface area contributed by atoms with Gasteiger partial charge in [0.15, 0.2) is 15.6 Å². The van der Waals surface area contributed by atoms with E-state index in [0.717, 1.165) is 0 Å². The van der Waals surface area contributed by atoms with Crippen molar-refractivity contribution in [3.8, 4) is 0 Å². The van der Waals surface area contributed by atoms with E-state index < -0.39 is 32.3 Å². The lowest BCUT2D eigenvalue weighted by atomic mass is 9.89. The van der Waals surface area contributed by atoms with Crippen molar-refractivity contribution >= 4 is 21.6 Å². The normalized spacial score (nSPS) is 27.4. The van der Waals surface area contributed by atoms with Gasteiger partial charge in [0.2, 0.25) is 0 Å². The van der Waals surface area contributed by atoms with Crippen LogP contribution in [0.2, 0.25) is 0 Å². The summed E-state index contributed by atoms with van der Waals surface area (Å²) in [6.07, 6.45) is 0.349. The minimum atomic E-state index is -3.90. The first-order valence-electron chi connectivity index (χ1n) is 6.25. The summed E-state index contributed by atoms with van der Waals surface area (Å²) < 4.78 is 25.2. The number of hydrogen-bond acceptors (Lipinski definition) is 4. The molecule has 1 fully saturated rings. The maximum absolute atomic E-state index is 12.6. The standard InChI is InChI=1S/C13H20O5S/c1-5-10(8(2)3)19(17,18)11-9(14)6-7-13(11,4)12(15)16/h11H,5-7H2,1-4H3,(H,15,16). The molecule has 0 spiro atoms. The number of rotatable bonds is 4. The zero-order valence-corrected chi connectivity index (χ0v) is 12.5. The Labute approximate surface area is 113 Å². The second-order valence-corrected chi connectivity index (χ2v) is 7.44. The van der Waals surface area contributed by atoms with Crippen molar-refractivity contribution in [3.05, 3.63) is 10.5 Å². The van der Waals surface area contributed by atoms with Gasteiger partial charge in [0, 0.05) is 11.3 Å². The number of carbonyl (C=O) groups is 2. The van der Waals surface area contributed by atoms with Gasteiger partial charge in [-0.2, -0.15) is 0 Å². The molecule has 1 aliphatic rings. The molecule has 0 radical (unpaired) electrons. The van der Waals surface area contributed by atoms with Gasteiger partial charge in [-0.3, -0.25) is 9.59 Å². The zero-order valence-electron chi connectivity index (χ0n) is 11.7. The minimum Gasteiger partial charge on any atom is -0.481 e. The Kier molecular flexibility index (Phi) is 4.24. The third-order valence-electron chi connectivity index (χ3n) is 3.78. The number of carboxylic acid groups (broad SMARTS) is 1. The zero-order chi connectivity index (χ0) is 15.0. The summed E-state index contributed by atoms with van der Waals surface area (Å²) in [5, 5.41) is 7.83. The monoisotopic (exact) mass is 288 g/mol. The van der Waals surface area contributed by atoms with E-state index in [9.17, 15) is 23.1 Å². The first-order valence-corrected chi connectivity index (χ1v) is 7.80. The Bertz CT molecular complexity index is 539. The van der Waals surface area contributed by atoms with Gasteiger partial charge in [0.1, 0.15) is 5.25 Å². The quantitative estimate of drug-likeness (QED) is 0.853. The molecule has 0 aromatic heterocycles. The van der Waals surface area contributed by atoms with E-state index in [1.54, 1.807) is 20.8 Å². The van der Waals surface area contributed by atoms with Gasteiger partial charge in [-0.25, -0.2) is 8.42 Å². The molecule has 0 bridgehead atoms. The molecule has 0 amide bonds. The molecular weight excluding hydrogens is 268 g/mol. The first-order chi connectivity index (χ1) is 8.59. The van der Waals surface area contributed by atoms with Crippen molar-refractivity contribution in [3.63, 3.8) is 0 Å². The van der Waals surface area contributed by atoms with Gasteiger partial charge in [-0.05, 0) is 33.6 Å². The number of carboxylic acids is 1. The van der Waals surface area contributed by atoms with E-state index in [-0.39, 0.29) is 24.2 Å². The van der Waals surface area contributed by atoms with Crippen molar-refractivity contribution in [1.29, 1.82) is 0 Å². The highest BCUT2D eigenvalue weighted by atomic mass is 32.2. The summed E-state index contributed by atoms with van der Waals surface area (Å²) >= 11 is 0. The molecule has 0 heterocycles. The average molecular weight is 288 g/mol. The minimum absolute atomic E-state index is 0.00640. The molecule has 108 valence electrons. The summed E-state index contributed by atoms with van der Waals surface area (Å²) in [4.78, 5) is 23.5. The lowest BCUT2D eigenvalue weighted by molar-refractivity contribution is -0.148.